The summed E-state index contributed by atoms with van der Waals surface area (Å²) in [7, 11) is 0. The van der Waals surface area contributed by atoms with E-state index in [0.29, 0.717) is 5.75 Å². The van der Waals surface area contributed by atoms with Crippen molar-refractivity contribution in [3.05, 3.63) is 42.0 Å². The molecule has 0 bridgehead atoms. The molecule has 0 heterocycles. The number of fused-ring (bicyclic) bond motifs is 1. The molecule has 1 saturated carbocycles. The fraction of sp³-hybridized carbons (Fsp3) is 0.278. The van der Waals surface area contributed by atoms with Crippen LogP contribution in [0.25, 0.3) is 10.8 Å². The first-order valence-electron chi connectivity index (χ1n) is 7.02. The highest BCUT2D eigenvalue weighted by molar-refractivity contribution is 5.85. The van der Waals surface area contributed by atoms with E-state index in [9.17, 15) is 4.79 Å². The maximum atomic E-state index is 11.7. The standard InChI is InChI=1S/C18H16O3/c1-2-9-20-17-11-15-6-4-3-5-14(15)10-16(17)12-21-18(19)13-7-8-13/h1,3-6,10-11,13H,7-9,12H2. The average molecular weight is 280 g/mol. The molecular formula is C18H16O3. The van der Waals surface area contributed by atoms with Gasteiger partial charge in [0, 0.05) is 5.56 Å². The zero-order chi connectivity index (χ0) is 14.7. The molecule has 0 saturated heterocycles. The molecule has 0 N–H and O–H groups in total. The van der Waals surface area contributed by atoms with E-state index in [2.05, 4.69) is 5.92 Å². The number of ether oxygens (including phenoxy) is 2. The third-order valence-electron chi connectivity index (χ3n) is 3.52. The highest BCUT2D eigenvalue weighted by Gasteiger charge is 2.31. The van der Waals surface area contributed by atoms with Crippen molar-refractivity contribution in [1.29, 1.82) is 0 Å². The van der Waals surface area contributed by atoms with Gasteiger partial charge in [0.25, 0.3) is 0 Å². The van der Waals surface area contributed by atoms with Crippen LogP contribution in [-0.4, -0.2) is 12.6 Å². The molecule has 0 aliphatic heterocycles. The van der Waals surface area contributed by atoms with Crippen LogP contribution in [0.4, 0.5) is 0 Å². The lowest BCUT2D eigenvalue weighted by molar-refractivity contribution is -0.146. The third kappa shape index (κ3) is 3.17. The molecule has 1 aliphatic rings. The number of esters is 1. The summed E-state index contributed by atoms with van der Waals surface area (Å²) in [6.07, 6.45) is 7.13. The Labute approximate surface area is 123 Å². The van der Waals surface area contributed by atoms with E-state index in [1.807, 2.05) is 36.4 Å². The first-order valence-corrected chi connectivity index (χ1v) is 7.02. The first kappa shape index (κ1) is 13.5. The van der Waals surface area contributed by atoms with Crippen LogP contribution in [0.15, 0.2) is 36.4 Å². The first-order chi connectivity index (χ1) is 10.3. The van der Waals surface area contributed by atoms with Crippen molar-refractivity contribution in [2.45, 2.75) is 19.4 Å². The Morgan fingerprint density at radius 3 is 2.62 bits per heavy atom. The minimum Gasteiger partial charge on any atom is -0.481 e. The molecule has 3 nitrogen and oxygen atoms in total. The zero-order valence-corrected chi connectivity index (χ0v) is 11.7. The van der Waals surface area contributed by atoms with Gasteiger partial charge in [-0.05, 0) is 35.7 Å². The van der Waals surface area contributed by atoms with E-state index >= 15 is 0 Å². The molecule has 106 valence electrons. The van der Waals surface area contributed by atoms with E-state index in [1.165, 1.54) is 0 Å². The van der Waals surface area contributed by atoms with Crippen LogP contribution in [0.2, 0.25) is 0 Å². The molecule has 3 heteroatoms. The van der Waals surface area contributed by atoms with Crippen molar-refractivity contribution in [3.63, 3.8) is 0 Å². The fourth-order valence-corrected chi connectivity index (χ4v) is 2.22. The molecule has 0 amide bonds. The normalized spacial score (nSPS) is 13.7. The fourth-order valence-electron chi connectivity index (χ4n) is 2.22. The van der Waals surface area contributed by atoms with Crippen LogP contribution >= 0.6 is 0 Å². The largest absolute Gasteiger partial charge is 0.481 e. The number of carbonyl (C=O) groups excluding carboxylic acids is 1. The molecule has 0 spiro atoms. The summed E-state index contributed by atoms with van der Waals surface area (Å²) in [5.41, 5.74) is 0.845. The highest BCUT2D eigenvalue weighted by Crippen LogP contribution is 2.32. The summed E-state index contributed by atoms with van der Waals surface area (Å²) >= 11 is 0. The number of hydrogen-bond donors (Lipinski definition) is 0. The van der Waals surface area contributed by atoms with Crippen LogP contribution in [0.1, 0.15) is 18.4 Å². The predicted molar refractivity (Wildman–Crippen MR) is 80.8 cm³/mol. The molecule has 0 atom stereocenters. The Hall–Kier alpha value is -2.47. The van der Waals surface area contributed by atoms with E-state index in [1.54, 1.807) is 0 Å². The molecule has 3 rings (SSSR count). The van der Waals surface area contributed by atoms with E-state index in [4.69, 9.17) is 15.9 Å². The third-order valence-corrected chi connectivity index (χ3v) is 3.52. The smallest absolute Gasteiger partial charge is 0.309 e. The van der Waals surface area contributed by atoms with Gasteiger partial charge in [-0.3, -0.25) is 4.79 Å². The molecule has 0 aromatic heterocycles. The molecule has 1 aliphatic carbocycles. The van der Waals surface area contributed by atoms with Gasteiger partial charge in [-0.15, -0.1) is 6.42 Å². The van der Waals surface area contributed by atoms with Gasteiger partial charge in [-0.25, -0.2) is 0 Å². The van der Waals surface area contributed by atoms with Crippen molar-refractivity contribution in [2.24, 2.45) is 5.92 Å². The lowest BCUT2D eigenvalue weighted by Crippen LogP contribution is -2.07. The van der Waals surface area contributed by atoms with Crippen molar-refractivity contribution < 1.29 is 14.3 Å². The van der Waals surface area contributed by atoms with E-state index in [0.717, 1.165) is 29.2 Å². The summed E-state index contributed by atoms with van der Waals surface area (Å²) in [5.74, 6) is 3.11. The Morgan fingerprint density at radius 1 is 1.24 bits per heavy atom. The molecule has 1 fully saturated rings. The Kier molecular flexibility index (Phi) is 3.79. The lowest BCUT2D eigenvalue weighted by Gasteiger charge is -2.12. The van der Waals surface area contributed by atoms with Gasteiger partial charge in [-0.2, -0.15) is 0 Å². The molecule has 21 heavy (non-hydrogen) atoms. The van der Waals surface area contributed by atoms with Gasteiger partial charge in [0.1, 0.15) is 19.0 Å². The SMILES string of the molecule is C#CCOc1cc2ccccc2cc1COC(=O)C1CC1. The molecule has 0 radical (unpaired) electrons. The summed E-state index contributed by atoms with van der Waals surface area (Å²) < 4.78 is 10.9. The van der Waals surface area contributed by atoms with Crippen LogP contribution < -0.4 is 4.74 Å². The molecule has 2 aromatic rings. The van der Waals surface area contributed by atoms with Crippen LogP contribution in [-0.2, 0) is 16.1 Å². The van der Waals surface area contributed by atoms with Gasteiger partial charge >= 0.3 is 5.97 Å². The maximum absolute atomic E-state index is 11.7. The number of benzene rings is 2. The summed E-state index contributed by atoms with van der Waals surface area (Å²) in [5, 5.41) is 2.16. The van der Waals surface area contributed by atoms with Crippen molar-refractivity contribution >= 4 is 16.7 Å². The molecule has 2 aromatic carbocycles. The Morgan fingerprint density at radius 2 is 1.95 bits per heavy atom. The lowest BCUT2D eigenvalue weighted by atomic mass is 10.1. The summed E-state index contributed by atoms with van der Waals surface area (Å²) in [6.45, 7) is 0.419. The topological polar surface area (TPSA) is 35.5 Å². The van der Waals surface area contributed by atoms with Gasteiger partial charge in [0.15, 0.2) is 0 Å². The Bertz CT molecular complexity index is 708. The van der Waals surface area contributed by atoms with Crippen LogP contribution in [0.5, 0.6) is 5.75 Å². The van der Waals surface area contributed by atoms with Gasteiger partial charge in [-0.1, -0.05) is 30.2 Å². The van der Waals surface area contributed by atoms with Gasteiger partial charge in [0.2, 0.25) is 0 Å². The van der Waals surface area contributed by atoms with E-state index in [-0.39, 0.29) is 25.1 Å². The van der Waals surface area contributed by atoms with Gasteiger partial charge in [0.05, 0.1) is 5.92 Å². The van der Waals surface area contributed by atoms with Crippen LogP contribution in [0.3, 0.4) is 0 Å². The summed E-state index contributed by atoms with van der Waals surface area (Å²) in [4.78, 5) is 11.7. The zero-order valence-electron chi connectivity index (χ0n) is 11.7. The monoisotopic (exact) mass is 280 g/mol. The Balaban J connectivity index is 1.85. The summed E-state index contributed by atoms with van der Waals surface area (Å²) in [6, 6.07) is 11.9. The quantitative estimate of drug-likeness (QED) is 0.622. The second-order valence-corrected chi connectivity index (χ2v) is 5.18. The second kappa shape index (κ2) is 5.88. The minimum absolute atomic E-state index is 0.0977. The average Bonchev–Trinajstić information content (AvgIpc) is 3.35. The number of terminal acetylenes is 1. The highest BCUT2D eigenvalue weighted by atomic mass is 16.5. The number of carbonyl (C=O) groups is 1. The maximum Gasteiger partial charge on any atom is 0.309 e. The molecular weight excluding hydrogens is 264 g/mol. The van der Waals surface area contributed by atoms with Crippen LogP contribution in [0, 0.1) is 18.3 Å². The second-order valence-electron chi connectivity index (χ2n) is 5.18. The van der Waals surface area contributed by atoms with Crippen molar-refractivity contribution in [3.8, 4) is 18.1 Å². The van der Waals surface area contributed by atoms with Crippen molar-refractivity contribution in [1.82, 2.24) is 0 Å². The predicted octanol–water partition coefficient (Wildman–Crippen LogP) is 3.31. The van der Waals surface area contributed by atoms with E-state index < -0.39 is 0 Å². The molecule has 0 unspecified atom stereocenters. The number of rotatable bonds is 5. The van der Waals surface area contributed by atoms with Gasteiger partial charge < -0.3 is 9.47 Å². The van der Waals surface area contributed by atoms with Crippen molar-refractivity contribution in [2.75, 3.05) is 6.61 Å². The minimum atomic E-state index is -0.119. The number of hydrogen-bond acceptors (Lipinski definition) is 3.